The monoisotopic (exact) mass is 205 g/mol. The van der Waals surface area contributed by atoms with E-state index in [1.165, 1.54) is 5.56 Å². The minimum absolute atomic E-state index is 0.0962. The van der Waals surface area contributed by atoms with Crippen molar-refractivity contribution < 1.29 is 5.11 Å². The zero-order valence-electron chi connectivity index (χ0n) is 9.62. The topological polar surface area (TPSA) is 46.2 Å². The quantitative estimate of drug-likeness (QED) is 0.779. The molecule has 0 spiro atoms. The van der Waals surface area contributed by atoms with Crippen LogP contribution in [0.25, 0.3) is 6.08 Å². The average Bonchev–Trinajstić information content (AvgIpc) is 2.15. The van der Waals surface area contributed by atoms with Crippen LogP contribution in [0.15, 0.2) is 24.3 Å². The summed E-state index contributed by atoms with van der Waals surface area (Å²) in [5.74, 6) is 0.299. The van der Waals surface area contributed by atoms with Gasteiger partial charge in [0.05, 0.1) is 0 Å². The molecule has 1 aromatic carbocycles. The van der Waals surface area contributed by atoms with E-state index in [9.17, 15) is 5.11 Å². The number of hydrogen-bond acceptors (Lipinski definition) is 2. The lowest BCUT2D eigenvalue weighted by atomic mass is 9.86. The first kappa shape index (κ1) is 11.8. The fraction of sp³-hybridized carbons (Fsp3) is 0.385. The van der Waals surface area contributed by atoms with E-state index in [1.54, 1.807) is 6.07 Å². The fourth-order valence-electron chi connectivity index (χ4n) is 1.35. The van der Waals surface area contributed by atoms with Gasteiger partial charge in [-0.25, -0.2) is 0 Å². The highest BCUT2D eigenvalue weighted by Gasteiger charge is 2.14. The van der Waals surface area contributed by atoms with Gasteiger partial charge < -0.3 is 10.8 Å². The van der Waals surface area contributed by atoms with Gasteiger partial charge in [-0.3, -0.25) is 0 Å². The summed E-state index contributed by atoms with van der Waals surface area (Å²) in [5.41, 5.74) is 7.51. The molecule has 2 nitrogen and oxygen atoms in total. The summed E-state index contributed by atoms with van der Waals surface area (Å²) in [5, 5.41) is 9.64. The Labute approximate surface area is 91.4 Å². The normalized spacial score (nSPS) is 12.3. The number of phenolic OH excluding ortho intramolecular Hbond substituents is 1. The second-order valence-corrected chi connectivity index (χ2v) is 4.66. The van der Waals surface area contributed by atoms with Crippen LogP contribution in [0.1, 0.15) is 31.9 Å². The predicted molar refractivity (Wildman–Crippen MR) is 64.9 cm³/mol. The maximum absolute atomic E-state index is 9.64. The Morgan fingerprint density at radius 1 is 1.33 bits per heavy atom. The van der Waals surface area contributed by atoms with E-state index in [0.29, 0.717) is 12.3 Å². The molecule has 0 radical (unpaired) electrons. The molecule has 0 saturated carbocycles. The molecule has 3 N–H and O–H groups in total. The number of hydrogen-bond donors (Lipinski definition) is 2. The van der Waals surface area contributed by atoms with Crippen LogP contribution in [0.4, 0.5) is 0 Å². The summed E-state index contributed by atoms with van der Waals surface area (Å²) in [4.78, 5) is 0. The van der Waals surface area contributed by atoms with Crippen LogP contribution < -0.4 is 5.73 Å². The molecule has 0 unspecified atom stereocenters. The van der Waals surface area contributed by atoms with E-state index >= 15 is 0 Å². The average molecular weight is 205 g/mol. The van der Waals surface area contributed by atoms with Gasteiger partial charge in [0.2, 0.25) is 0 Å². The fourth-order valence-corrected chi connectivity index (χ4v) is 1.35. The minimum Gasteiger partial charge on any atom is -0.507 e. The van der Waals surface area contributed by atoms with Crippen molar-refractivity contribution in [3.05, 3.63) is 35.4 Å². The summed E-state index contributed by atoms with van der Waals surface area (Å²) in [6.45, 7) is 6.93. The third-order valence-corrected chi connectivity index (χ3v) is 2.33. The molecule has 82 valence electrons. The highest BCUT2D eigenvalue weighted by Crippen LogP contribution is 2.27. The lowest BCUT2D eigenvalue weighted by Gasteiger charge is -2.19. The molecular weight excluding hydrogens is 186 g/mol. The van der Waals surface area contributed by atoms with Crippen molar-refractivity contribution >= 4 is 6.08 Å². The minimum atomic E-state index is 0.0962. The van der Waals surface area contributed by atoms with Crippen LogP contribution in [0.5, 0.6) is 5.75 Å². The first-order chi connectivity index (χ1) is 6.95. The maximum Gasteiger partial charge on any atom is 0.122 e. The van der Waals surface area contributed by atoms with Crippen LogP contribution in [-0.2, 0) is 5.41 Å². The SMILES string of the molecule is CC(C)(C)c1ccc(O)c(/C=C/CN)c1. The summed E-state index contributed by atoms with van der Waals surface area (Å²) in [7, 11) is 0. The summed E-state index contributed by atoms with van der Waals surface area (Å²) < 4.78 is 0. The lowest BCUT2D eigenvalue weighted by Crippen LogP contribution is -2.10. The molecule has 0 aliphatic rings. The van der Waals surface area contributed by atoms with Crippen molar-refractivity contribution in [1.82, 2.24) is 0 Å². The van der Waals surface area contributed by atoms with Gasteiger partial charge in [-0.05, 0) is 23.1 Å². The molecular formula is C13H19NO. The lowest BCUT2D eigenvalue weighted by molar-refractivity contribution is 0.472. The molecule has 0 fully saturated rings. The number of benzene rings is 1. The second-order valence-electron chi connectivity index (χ2n) is 4.66. The van der Waals surface area contributed by atoms with Crippen molar-refractivity contribution in [3.8, 4) is 5.75 Å². The van der Waals surface area contributed by atoms with Gasteiger partial charge in [0, 0.05) is 12.1 Å². The molecule has 0 heterocycles. The maximum atomic E-state index is 9.64. The van der Waals surface area contributed by atoms with E-state index in [2.05, 4.69) is 20.8 Å². The van der Waals surface area contributed by atoms with Gasteiger partial charge >= 0.3 is 0 Å². The zero-order valence-corrected chi connectivity index (χ0v) is 9.62. The van der Waals surface area contributed by atoms with Gasteiger partial charge in [-0.1, -0.05) is 39.0 Å². The Hall–Kier alpha value is -1.28. The molecule has 0 aromatic heterocycles. The van der Waals surface area contributed by atoms with Crippen LogP contribution in [0, 0.1) is 0 Å². The Morgan fingerprint density at radius 3 is 2.53 bits per heavy atom. The van der Waals surface area contributed by atoms with Crippen LogP contribution >= 0.6 is 0 Å². The van der Waals surface area contributed by atoms with Gasteiger partial charge in [0.1, 0.15) is 5.75 Å². The summed E-state index contributed by atoms with van der Waals surface area (Å²) in [6.07, 6.45) is 3.69. The van der Waals surface area contributed by atoms with E-state index in [4.69, 9.17) is 5.73 Å². The van der Waals surface area contributed by atoms with Crippen LogP contribution in [0.2, 0.25) is 0 Å². The number of rotatable bonds is 2. The van der Waals surface area contributed by atoms with Crippen molar-refractivity contribution in [3.63, 3.8) is 0 Å². The van der Waals surface area contributed by atoms with Gasteiger partial charge in [0.25, 0.3) is 0 Å². The molecule has 0 amide bonds. The standard InChI is InChI=1S/C13H19NO/c1-13(2,3)11-6-7-12(15)10(9-11)5-4-8-14/h4-7,9,15H,8,14H2,1-3H3/b5-4+. The van der Waals surface area contributed by atoms with Gasteiger partial charge in [-0.2, -0.15) is 0 Å². The highest BCUT2D eigenvalue weighted by molar-refractivity contribution is 5.58. The van der Waals surface area contributed by atoms with Crippen molar-refractivity contribution in [2.24, 2.45) is 5.73 Å². The van der Waals surface area contributed by atoms with Crippen molar-refractivity contribution in [1.29, 1.82) is 0 Å². The third kappa shape index (κ3) is 3.10. The number of phenols is 1. The van der Waals surface area contributed by atoms with Crippen LogP contribution in [0.3, 0.4) is 0 Å². The molecule has 0 aliphatic carbocycles. The number of nitrogens with two attached hydrogens (primary N) is 1. The Morgan fingerprint density at radius 2 is 2.00 bits per heavy atom. The van der Waals surface area contributed by atoms with Crippen molar-refractivity contribution in [2.45, 2.75) is 26.2 Å². The molecule has 0 bridgehead atoms. The van der Waals surface area contributed by atoms with Gasteiger partial charge in [0.15, 0.2) is 0 Å². The molecule has 1 aromatic rings. The van der Waals surface area contributed by atoms with E-state index < -0.39 is 0 Å². The third-order valence-electron chi connectivity index (χ3n) is 2.33. The van der Waals surface area contributed by atoms with Crippen molar-refractivity contribution in [2.75, 3.05) is 6.54 Å². The largest absolute Gasteiger partial charge is 0.507 e. The second kappa shape index (κ2) is 4.49. The number of aromatic hydroxyl groups is 1. The molecule has 2 heteroatoms. The smallest absolute Gasteiger partial charge is 0.122 e. The van der Waals surface area contributed by atoms with E-state index in [1.807, 2.05) is 24.3 Å². The first-order valence-corrected chi connectivity index (χ1v) is 5.15. The highest BCUT2D eigenvalue weighted by atomic mass is 16.3. The first-order valence-electron chi connectivity index (χ1n) is 5.15. The molecule has 0 aliphatic heterocycles. The molecule has 15 heavy (non-hydrogen) atoms. The van der Waals surface area contributed by atoms with E-state index in [0.717, 1.165) is 5.56 Å². The predicted octanol–water partition coefficient (Wildman–Crippen LogP) is 2.66. The van der Waals surface area contributed by atoms with Gasteiger partial charge in [-0.15, -0.1) is 0 Å². The Kier molecular flexibility index (Phi) is 3.53. The Balaban J connectivity index is 3.11. The van der Waals surface area contributed by atoms with E-state index in [-0.39, 0.29) is 5.41 Å². The molecule has 0 atom stereocenters. The molecule has 0 saturated heterocycles. The zero-order chi connectivity index (χ0) is 11.5. The van der Waals surface area contributed by atoms with Crippen LogP contribution in [-0.4, -0.2) is 11.7 Å². The summed E-state index contributed by atoms with van der Waals surface area (Å²) >= 11 is 0. The summed E-state index contributed by atoms with van der Waals surface area (Å²) in [6, 6.07) is 5.69. The Bertz CT molecular complexity index is 361. The molecule has 1 rings (SSSR count).